The van der Waals surface area contributed by atoms with Crippen LogP contribution in [-0.4, -0.2) is 24.9 Å². The van der Waals surface area contributed by atoms with Crippen LogP contribution in [0.4, 0.5) is 24.5 Å². The molecule has 0 heterocycles. The van der Waals surface area contributed by atoms with E-state index in [1.165, 1.54) is 19.0 Å². The summed E-state index contributed by atoms with van der Waals surface area (Å²) in [5, 5.41) is 13.1. The van der Waals surface area contributed by atoms with Gasteiger partial charge >= 0.3 is 6.18 Å². The third-order valence-corrected chi connectivity index (χ3v) is 4.15. The Bertz CT molecular complexity index is 870. The summed E-state index contributed by atoms with van der Waals surface area (Å²) in [4.78, 5) is 23.3. The standard InChI is InChI=1S/C17H15ClF3N3O3/c1-22-16(25)11-5-3-10(4-6-11)9-23(2)14-8-13(18)12(17(19,20)21)7-15(14)24(26)27/h3-8H,9H2,1-2H3,(H,22,25). The van der Waals surface area contributed by atoms with E-state index in [1.807, 2.05) is 0 Å². The second-order valence-corrected chi connectivity index (χ2v) is 6.11. The maximum absolute atomic E-state index is 13.0. The summed E-state index contributed by atoms with van der Waals surface area (Å²) in [5.41, 5.74) is -0.865. The molecule has 0 saturated heterocycles. The van der Waals surface area contributed by atoms with Gasteiger partial charge in [0.2, 0.25) is 0 Å². The van der Waals surface area contributed by atoms with E-state index < -0.39 is 27.4 Å². The maximum atomic E-state index is 13.0. The van der Waals surface area contributed by atoms with Crippen molar-refractivity contribution in [2.24, 2.45) is 0 Å². The molecular formula is C17H15ClF3N3O3. The molecule has 1 N–H and O–H groups in total. The molecule has 0 spiro atoms. The number of rotatable bonds is 5. The minimum absolute atomic E-state index is 0.0478. The first-order valence-corrected chi connectivity index (χ1v) is 7.99. The number of benzene rings is 2. The van der Waals surface area contributed by atoms with E-state index in [1.54, 1.807) is 24.3 Å². The van der Waals surface area contributed by atoms with Crippen molar-refractivity contribution in [2.45, 2.75) is 12.7 Å². The second-order valence-electron chi connectivity index (χ2n) is 5.71. The largest absolute Gasteiger partial charge is 0.418 e. The van der Waals surface area contributed by atoms with Crippen molar-refractivity contribution in [3.8, 4) is 0 Å². The summed E-state index contributed by atoms with van der Waals surface area (Å²) >= 11 is 5.70. The lowest BCUT2D eigenvalue weighted by Gasteiger charge is -2.21. The number of halogens is 4. The van der Waals surface area contributed by atoms with Gasteiger partial charge in [-0.2, -0.15) is 13.2 Å². The van der Waals surface area contributed by atoms with Crippen molar-refractivity contribution >= 4 is 28.9 Å². The number of carbonyl (C=O) groups is 1. The topological polar surface area (TPSA) is 75.5 Å². The number of hydrogen-bond acceptors (Lipinski definition) is 4. The van der Waals surface area contributed by atoms with Gasteiger partial charge in [-0.1, -0.05) is 23.7 Å². The molecule has 0 bridgehead atoms. The molecule has 2 rings (SSSR count). The van der Waals surface area contributed by atoms with Gasteiger partial charge in [-0.05, 0) is 23.8 Å². The van der Waals surface area contributed by atoms with E-state index in [0.29, 0.717) is 17.2 Å². The molecule has 0 saturated carbocycles. The molecule has 0 radical (unpaired) electrons. The number of nitro groups is 1. The zero-order valence-corrected chi connectivity index (χ0v) is 15.1. The molecule has 0 unspecified atom stereocenters. The van der Waals surface area contributed by atoms with Crippen LogP contribution in [0.3, 0.4) is 0 Å². The number of carbonyl (C=O) groups excluding carboxylic acids is 1. The number of nitrogens with one attached hydrogen (secondary N) is 1. The normalized spacial score (nSPS) is 11.2. The molecule has 2 aromatic carbocycles. The van der Waals surface area contributed by atoms with E-state index in [2.05, 4.69) is 5.32 Å². The molecule has 0 aliphatic heterocycles. The maximum Gasteiger partial charge on any atom is 0.418 e. The van der Waals surface area contributed by atoms with Crippen molar-refractivity contribution < 1.29 is 22.9 Å². The predicted molar refractivity (Wildman–Crippen MR) is 95.0 cm³/mol. The third-order valence-electron chi connectivity index (χ3n) is 3.84. The van der Waals surface area contributed by atoms with E-state index in [0.717, 1.165) is 6.07 Å². The molecule has 0 aliphatic rings. The van der Waals surface area contributed by atoms with Crippen molar-refractivity contribution in [3.05, 3.63) is 68.2 Å². The molecule has 144 valence electrons. The van der Waals surface area contributed by atoms with Gasteiger partial charge < -0.3 is 10.2 Å². The van der Waals surface area contributed by atoms with Gasteiger partial charge in [-0.25, -0.2) is 0 Å². The summed E-state index contributed by atoms with van der Waals surface area (Å²) in [6.07, 6.45) is -4.80. The zero-order valence-electron chi connectivity index (χ0n) is 14.3. The second kappa shape index (κ2) is 7.83. The van der Waals surface area contributed by atoms with Crippen LogP contribution < -0.4 is 10.2 Å². The van der Waals surface area contributed by atoms with Gasteiger partial charge in [0.05, 0.1) is 15.5 Å². The van der Waals surface area contributed by atoms with Crippen molar-refractivity contribution in [3.63, 3.8) is 0 Å². The van der Waals surface area contributed by atoms with Gasteiger partial charge in [0.25, 0.3) is 11.6 Å². The fraction of sp³-hybridized carbons (Fsp3) is 0.235. The van der Waals surface area contributed by atoms with E-state index in [4.69, 9.17) is 11.6 Å². The Labute approximate surface area is 157 Å². The summed E-state index contributed by atoms with van der Waals surface area (Å²) < 4.78 is 38.9. The highest BCUT2D eigenvalue weighted by molar-refractivity contribution is 6.31. The van der Waals surface area contributed by atoms with Crippen LogP contribution in [0.1, 0.15) is 21.5 Å². The first-order chi connectivity index (χ1) is 12.5. The summed E-state index contributed by atoms with van der Waals surface area (Å²) in [7, 11) is 3.00. The Morgan fingerprint density at radius 1 is 1.26 bits per heavy atom. The Morgan fingerprint density at radius 3 is 2.33 bits per heavy atom. The highest BCUT2D eigenvalue weighted by Gasteiger charge is 2.36. The molecule has 0 aromatic heterocycles. The quantitative estimate of drug-likeness (QED) is 0.600. The molecule has 0 fully saturated rings. The van der Waals surface area contributed by atoms with Gasteiger partial charge in [0, 0.05) is 32.3 Å². The van der Waals surface area contributed by atoms with Crippen LogP contribution in [0.5, 0.6) is 0 Å². The molecule has 1 amide bonds. The fourth-order valence-electron chi connectivity index (χ4n) is 2.49. The summed E-state index contributed by atoms with van der Waals surface area (Å²) in [6.45, 7) is 0.163. The van der Waals surface area contributed by atoms with E-state index in [9.17, 15) is 28.1 Å². The lowest BCUT2D eigenvalue weighted by molar-refractivity contribution is -0.384. The van der Waals surface area contributed by atoms with Crippen LogP contribution in [0, 0.1) is 10.1 Å². The lowest BCUT2D eigenvalue weighted by Crippen LogP contribution is -2.20. The van der Waals surface area contributed by atoms with Crippen LogP contribution in [-0.2, 0) is 12.7 Å². The Hall–Kier alpha value is -2.81. The van der Waals surface area contributed by atoms with Gasteiger partial charge in [-0.3, -0.25) is 14.9 Å². The average molecular weight is 402 g/mol. The lowest BCUT2D eigenvalue weighted by atomic mass is 10.1. The van der Waals surface area contributed by atoms with Crippen LogP contribution in [0.15, 0.2) is 36.4 Å². The highest BCUT2D eigenvalue weighted by atomic mass is 35.5. The van der Waals surface area contributed by atoms with Crippen LogP contribution in [0.25, 0.3) is 0 Å². The van der Waals surface area contributed by atoms with Gasteiger partial charge in [0.15, 0.2) is 0 Å². The molecule has 10 heteroatoms. The number of hydrogen-bond donors (Lipinski definition) is 1. The molecule has 0 atom stereocenters. The Balaban J connectivity index is 2.35. The SMILES string of the molecule is CNC(=O)c1ccc(CN(C)c2cc(Cl)c(C(F)(F)F)cc2[N+](=O)[O-])cc1. The molecular weight excluding hydrogens is 387 g/mol. The minimum atomic E-state index is -4.80. The highest BCUT2D eigenvalue weighted by Crippen LogP contribution is 2.41. The first-order valence-electron chi connectivity index (χ1n) is 7.62. The Morgan fingerprint density at radius 2 is 1.85 bits per heavy atom. The zero-order chi connectivity index (χ0) is 20.4. The van der Waals surface area contributed by atoms with Crippen molar-refractivity contribution in [1.82, 2.24) is 5.32 Å². The minimum Gasteiger partial charge on any atom is -0.365 e. The average Bonchev–Trinajstić information content (AvgIpc) is 2.60. The monoisotopic (exact) mass is 401 g/mol. The number of nitrogens with zero attached hydrogens (tertiary/aromatic N) is 2. The summed E-state index contributed by atoms with van der Waals surface area (Å²) in [5.74, 6) is -0.264. The number of alkyl halides is 3. The number of amides is 1. The molecule has 6 nitrogen and oxygen atoms in total. The predicted octanol–water partition coefficient (Wildman–Crippen LogP) is 4.26. The molecule has 0 aliphatic carbocycles. The van der Waals surface area contributed by atoms with Gasteiger partial charge in [0.1, 0.15) is 5.69 Å². The molecule has 27 heavy (non-hydrogen) atoms. The van der Waals surface area contributed by atoms with E-state index in [-0.39, 0.29) is 18.1 Å². The fourth-order valence-corrected chi connectivity index (χ4v) is 2.75. The Kier molecular flexibility index (Phi) is 5.94. The van der Waals surface area contributed by atoms with Gasteiger partial charge in [-0.15, -0.1) is 0 Å². The number of anilines is 1. The first kappa shape index (κ1) is 20.5. The van der Waals surface area contributed by atoms with Crippen molar-refractivity contribution in [2.75, 3.05) is 19.0 Å². The van der Waals surface area contributed by atoms with Crippen LogP contribution in [0.2, 0.25) is 5.02 Å². The summed E-state index contributed by atoms with van der Waals surface area (Å²) in [6, 6.07) is 7.83. The number of nitro benzene ring substituents is 1. The molecule has 2 aromatic rings. The smallest absolute Gasteiger partial charge is 0.365 e. The van der Waals surface area contributed by atoms with Crippen LogP contribution >= 0.6 is 11.6 Å². The third kappa shape index (κ3) is 4.68. The van der Waals surface area contributed by atoms with Crippen molar-refractivity contribution in [1.29, 1.82) is 0 Å². The van der Waals surface area contributed by atoms with E-state index >= 15 is 0 Å².